The van der Waals surface area contributed by atoms with E-state index < -0.39 is 5.97 Å². The van der Waals surface area contributed by atoms with Gasteiger partial charge in [0.15, 0.2) is 0 Å². The van der Waals surface area contributed by atoms with Crippen molar-refractivity contribution in [3.05, 3.63) is 56.7 Å². The van der Waals surface area contributed by atoms with E-state index in [1.807, 2.05) is 36.1 Å². The predicted molar refractivity (Wildman–Crippen MR) is 130 cm³/mol. The molecule has 0 aliphatic carbocycles. The second kappa shape index (κ2) is 12.2. The summed E-state index contributed by atoms with van der Waals surface area (Å²) in [6, 6.07) is 9.48. The Hall–Kier alpha value is -2.38. The van der Waals surface area contributed by atoms with Gasteiger partial charge in [0, 0.05) is 29.4 Å². The van der Waals surface area contributed by atoms with Crippen molar-refractivity contribution in [2.75, 3.05) is 26.2 Å². The van der Waals surface area contributed by atoms with Gasteiger partial charge in [-0.25, -0.2) is 0 Å². The zero-order chi connectivity index (χ0) is 23.8. The van der Waals surface area contributed by atoms with Crippen molar-refractivity contribution in [2.45, 2.75) is 52.0 Å². The molecule has 0 radical (unpaired) electrons. The highest BCUT2D eigenvalue weighted by atomic mass is 35.5. The zero-order valence-electron chi connectivity index (χ0n) is 19.2. The fourth-order valence-corrected chi connectivity index (χ4v) is 5.11. The molecule has 1 aliphatic heterocycles. The SMILES string of the molecule is CCCCN(CC(=O)N1CCc2sccc2C1c1ccc(Cl)cc1)C(=O)CCC(=O)OCC. The minimum Gasteiger partial charge on any atom is -0.466 e. The van der Waals surface area contributed by atoms with E-state index in [4.69, 9.17) is 16.3 Å². The van der Waals surface area contributed by atoms with E-state index in [2.05, 4.69) is 11.4 Å². The van der Waals surface area contributed by atoms with Gasteiger partial charge in [-0.3, -0.25) is 14.4 Å². The van der Waals surface area contributed by atoms with Gasteiger partial charge in [-0.1, -0.05) is 37.1 Å². The van der Waals surface area contributed by atoms with Crippen LogP contribution in [0, 0.1) is 0 Å². The van der Waals surface area contributed by atoms with Gasteiger partial charge in [0.05, 0.1) is 25.6 Å². The Morgan fingerprint density at radius 1 is 1.15 bits per heavy atom. The molecule has 178 valence electrons. The zero-order valence-corrected chi connectivity index (χ0v) is 20.8. The van der Waals surface area contributed by atoms with Crippen LogP contribution in [0.4, 0.5) is 0 Å². The molecule has 0 saturated heterocycles. The number of amides is 2. The van der Waals surface area contributed by atoms with Crippen molar-refractivity contribution in [1.82, 2.24) is 9.80 Å². The molecule has 1 aromatic carbocycles. The van der Waals surface area contributed by atoms with Gasteiger partial charge in [0.25, 0.3) is 0 Å². The number of hydrogen-bond acceptors (Lipinski definition) is 5. The Bertz CT molecular complexity index is 960. The van der Waals surface area contributed by atoms with Gasteiger partial charge in [-0.2, -0.15) is 0 Å². The molecule has 8 heteroatoms. The molecule has 0 bridgehead atoms. The van der Waals surface area contributed by atoms with Crippen molar-refractivity contribution in [1.29, 1.82) is 0 Å². The standard InChI is InChI=1S/C25H31ClN2O4S/c1-3-5-14-27(22(29)10-11-24(31)32-4-2)17-23(30)28-15-12-21-20(13-16-33-21)25(28)18-6-8-19(26)9-7-18/h6-9,13,16,25H,3-5,10-12,14-15,17H2,1-2H3. The number of halogens is 1. The van der Waals surface area contributed by atoms with Crippen LogP contribution in [-0.4, -0.2) is 53.8 Å². The number of rotatable bonds is 10. The van der Waals surface area contributed by atoms with Crippen LogP contribution in [-0.2, 0) is 25.5 Å². The summed E-state index contributed by atoms with van der Waals surface area (Å²) in [5.41, 5.74) is 2.14. The molecule has 6 nitrogen and oxygen atoms in total. The summed E-state index contributed by atoms with van der Waals surface area (Å²) in [5.74, 6) is -0.676. The second-order valence-electron chi connectivity index (χ2n) is 8.06. The second-order valence-corrected chi connectivity index (χ2v) is 9.50. The van der Waals surface area contributed by atoms with Gasteiger partial charge >= 0.3 is 5.97 Å². The lowest BCUT2D eigenvalue weighted by Gasteiger charge is -2.37. The number of esters is 1. The smallest absolute Gasteiger partial charge is 0.306 e. The van der Waals surface area contributed by atoms with Gasteiger partial charge in [-0.15, -0.1) is 11.3 Å². The van der Waals surface area contributed by atoms with E-state index in [1.165, 1.54) is 4.88 Å². The van der Waals surface area contributed by atoms with Gasteiger partial charge in [0.2, 0.25) is 11.8 Å². The molecule has 1 unspecified atom stereocenters. The molecular formula is C25H31ClN2O4S. The highest BCUT2D eigenvalue weighted by Gasteiger charge is 2.34. The molecule has 2 heterocycles. The van der Waals surface area contributed by atoms with E-state index in [0.29, 0.717) is 18.1 Å². The van der Waals surface area contributed by atoms with Crippen LogP contribution >= 0.6 is 22.9 Å². The first kappa shape index (κ1) is 25.2. The first-order valence-electron chi connectivity index (χ1n) is 11.5. The Balaban J connectivity index is 1.77. The van der Waals surface area contributed by atoms with Crippen molar-refractivity contribution in [3.63, 3.8) is 0 Å². The van der Waals surface area contributed by atoms with Crippen molar-refractivity contribution >= 4 is 40.7 Å². The fourth-order valence-electron chi connectivity index (χ4n) is 4.08. The number of carbonyl (C=O) groups excluding carboxylic acids is 3. The minimum absolute atomic E-state index is 0.00518. The van der Waals surface area contributed by atoms with E-state index in [0.717, 1.165) is 30.4 Å². The molecule has 2 amide bonds. The highest BCUT2D eigenvalue weighted by Crippen LogP contribution is 2.38. The number of carbonyl (C=O) groups is 3. The van der Waals surface area contributed by atoms with E-state index in [1.54, 1.807) is 23.2 Å². The van der Waals surface area contributed by atoms with Crippen molar-refractivity contribution in [3.8, 4) is 0 Å². The average molecular weight is 491 g/mol. The number of fused-ring (bicyclic) bond motifs is 1. The van der Waals surface area contributed by atoms with E-state index >= 15 is 0 Å². The number of nitrogens with zero attached hydrogens (tertiary/aromatic N) is 2. The summed E-state index contributed by atoms with van der Waals surface area (Å²) < 4.78 is 4.93. The van der Waals surface area contributed by atoms with Crippen molar-refractivity contribution < 1.29 is 19.1 Å². The maximum atomic E-state index is 13.5. The van der Waals surface area contributed by atoms with E-state index in [-0.39, 0.29) is 43.8 Å². The largest absolute Gasteiger partial charge is 0.466 e. The number of unbranched alkanes of at least 4 members (excludes halogenated alkanes) is 1. The van der Waals surface area contributed by atoms with Crippen molar-refractivity contribution in [2.24, 2.45) is 0 Å². The Labute approximate surface area is 204 Å². The lowest BCUT2D eigenvalue weighted by atomic mass is 9.93. The minimum atomic E-state index is -0.392. The molecule has 2 aromatic rings. The van der Waals surface area contributed by atoms with Crippen LogP contribution in [0.15, 0.2) is 35.7 Å². The third-order valence-corrected chi connectivity index (χ3v) is 7.03. The van der Waals surface area contributed by atoms with Crippen LogP contribution in [0.3, 0.4) is 0 Å². The summed E-state index contributed by atoms with van der Waals surface area (Å²) in [5, 5.41) is 2.71. The highest BCUT2D eigenvalue weighted by molar-refractivity contribution is 7.10. The Morgan fingerprint density at radius 3 is 2.61 bits per heavy atom. The van der Waals surface area contributed by atoms with Gasteiger partial charge < -0.3 is 14.5 Å². The van der Waals surface area contributed by atoms with Gasteiger partial charge in [0.1, 0.15) is 0 Å². The molecule has 33 heavy (non-hydrogen) atoms. The van der Waals surface area contributed by atoms with Crippen LogP contribution in [0.1, 0.15) is 61.6 Å². The molecule has 0 spiro atoms. The molecule has 1 atom stereocenters. The monoisotopic (exact) mass is 490 g/mol. The molecule has 3 rings (SSSR count). The topological polar surface area (TPSA) is 66.9 Å². The molecule has 1 aliphatic rings. The van der Waals surface area contributed by atoms with E-state index in [9.17, 15) is 14.4 Å². The summed E-state index contributed by atoms with van der Waals surface area (Å²) >= 11 is 7.81. The van der Waals surface area contributed by atoms with Crippen LogP contribution < -0.4 is 0 Å². The lowest BCUT2D eigenvalue weighted by Crippen LogP contribution is -2.47. The van der Waals surface area contributed by atoms with Crippen LogP contribution in [0.5, 0.6) is 0 Å². The Morgan fingerprint density at radius 2 is 1.91 bits per heavy atom. The summed E-state index contributed by atoms with van der Waals surface area (Å²) in [6.45, 7) is 5.16. The number of thiophene rings is 1. The summed E-state index contributed by atoms with van der Waals surface area (Å²) in [4.78, 5) is 42.8. The third-order valence-electron chi connectivity index (χ3n) is 5.78. The first-order valence-corrected chi connectivity index (χ1v) is 12.7. The molecular weight excluding hydrogens is 460 g/mol. The first-order chi connectivity index (χ1) is 15.9. The molecule has 0 N–H and O–H groups in total. The fraction of sp³-hybridized carbons (Fsp3) is 0.480. The average Bonchev–Trinajstić information content (AvgIpc) is 3.29. The third kappa shape index (κ3) is 6.58. The van der Waals surface area contributed by atoms with Crippen LogP contribution in [0.2, 0.25) is 5.02 Å². The summed E-state index contributed by atoms with van der Waals surface area (Å²) in [6.07, 6.45) is 2.58. The quantitative estimate of drug-likeness (QED) is 0.446. The molecule has 1 aromatic heterocycles. The maximum absolute atomic E-state index is 13.5. The molecule has 0 saturated carbocycles. The predicted octanol–water partition coefficient (Wildman–Crippen LogP) is 4.85. The summed E-state index contributed by atoms with van der Waals surface area (Å²) in [7, 11) is 0. The Kier molecular flexibility index (Phi) is 9.32. The number of benzene rings is 1. The number of ether oxygens (including phenoxy) is 1. The molecule has 0 fully saturated rings. The lowest BCUT2D eigenvalue weighted by molar-refractivity contribution is -0.146. The normalized spacial score (nSPS) is 15.1. The van der Waals surface area contributed by atoms with Gasteiger partial charge in [-0.05, 0) is 54.5 Å². The van der Waals surface area contributed by atoms with Crippen LogP contribution in [0.25, 0.3) is 0 Å². The number of hydrogen-bond donors (Lipinski definition) is 0. The maximum Gasteiger partial charge on any atom is 0.306 e.